The van der Waals surface area contributed by atoms with Gasteiger partial charge in [-0.15, -0.1) is 0 Å². The normalized spacial score (nSPS) is 15.9. The lowest BCUT2D eigenvalue weighted by molar-refractivity contribution is -0.139. The summed E-state index contributed by atoms with van der Waals surface area (Å²) in [7, 11) is 0. The van der Waals surface area contributed by atoms with E-state index in [2.05, 4.69) is 30.3 Å². The molecule has 0 spiro atoms. The highest BCUT2D eigenvalue weighted by Gasteiger charge is 2.27. The van der Waals surface area contributed by atoms with E-state index in [-0.39, 0.29) is 5.91 Å². The Bertz CT molecular complexity index is 774. The second-order valence-electron chi connectivity index (χ2n) is 6.86. The van der Waals surface area contributed by atoms with Crippen LogP contribution in [0.1, 0.15) is 30.9 Å². The van der Waals surface area contributed by atoms with Gasteiger partial charge in [0, 0.05) is 13.1 Å². The summed E-state index contributed by atoms with van der Waals surface area (Å²) in [5.41, 5.74) is 1.90. The molecule has 0 saturated carbocycles. The Morgan fingerprint density at radius 2 is 1.92 bits per heavy atom. The van der Waals surface area contributed by atoms with Crippen LogP contribution in [0, 0.1) is 17.2 Å². The number of likely N-dealkylation sites (tertiary alicyclic amines) is 1. The zero-order valence-corrected chi connectivity index (χ0v) is 15.1. The highest BCUT2D eigenvalue weighted by molar-refractivity contribution is 5.81. The van der Waals surface area contributed by atoms with Crippen molar-refractivity contribution in [3.63, 3.8) is 0 Å². The average Bonchev–Trinajstić information content (AvgIpc) is 2.69. The third-order valence-electron chi connectivity index (χ3n) is 4.92. The largest absolute Gasteiger partial charge is 0.481 e. The summed E-state index contributed by atoms with van der Waals surface area (Å²) >= 11 is 0. The fourth-order valence-corrected chi connectivity index (χ4v) is 3.46. The first-order chi connectivity index (χ1) is 12.7. The topological polar surface area (TPSA) is 53.3 Å². The number of rotatable bonds is 5. The predicted molar refractivity (Wildman–Crippen MR) is 101 cm³/mol. The second kappa shape index (κ2) is 8.53. The number of carbonyl (C=O) groups excluding carboxylic acids is 1. The summed E-state index contributed by atoms with van der Waals surface area (Å²) in [6.45, 7) is 3.34. The first-order valence-electron chi connectivity index (χ1n) is 9.15. The molecule has 1 amide bonds. The molecule has 0 bridgehead atoms. The molecule has 3 rings (SSSR count). The van der Waals surface area contributed by atoms with Crippen molar-refractivity contribution in [3.05, 3.63) is 65.7 Å². The molecule has 0 aromatic heterocycles. The number of carbonyl (C=O) groups is 1. The van der Waals surface area contributed by atoms with Gasteiger partial charge >= 0.3 is 0 Å². The van der Waals surface area contributed by atoms with Crippen LogP contribution in [0.15, 0.2) is 54.6 Å². The van der Waals surface area contributed by atoms with Gasteiger partial charge in [-0.2, -0.15) is 5.26 Å². The fraction of sp³-hybridized carbons (Fsp3) is 0.364. The van der Waals surface area contributed by atoms with Crippen molar-refractivity contribution >= 4 is 5.91 Å². The van der Waals surface area contributed by atoms with Crippen LogP contribution in [0.3, 0.4) is 0 Å². The van der Waals surface area contributed by atoms with E-state index in [1.165, 1.54) is 5.56 Å². The van der Waals surface area contributed by atoms with Crippen LogP contribution in [-0.2, 0) is 11.2 Å². The summed E-state index contributed by atoms with van der Waals surface area (Å²) < 4.78 is 5.75. The van der Waals surface area contributed by atoms with Gasteiger partial charge in [-0.25, -0.2) is 0 Å². The van der Waals surface area contributed by atoms with Crippen molar-refractivity contribution in [2.45, 2.75) is 32.3 Å². The highest BCUT2D eigenvalue weighted by Crippen LogP contribution is 2.23. The van der Waals surface area contributed by atoms with Gasteiger partial charge in [-0.3, -0.25) is 4.79 Å². The number of hydrogen-bond donors (Lipinski definition) is 0. The van der Waals surface area contributed by atoms with Crippen molar-refractivity contribution in [1.29, 1.82) is 5.26 Å². The van der Waals surface area contributed by atoms with E-state index in [9.17, 15) is 4.79 Å². The van der Waals surface area contributed by atoms with Gasteiger partial charge in [-0.05, 0) is 55.9 Å². The lowest BCUT2D eigenvalue weighted by Crippen LogP contribution is -2.45. The van der Waals surface area contributed by atoms with Crippen LogP contribution in [0.5, 0.6) is 5.75 Å². The summed E-state index contributed by atoms with van der Waals surface area (Å²) in [4.78, 5) is 14.6. The van der Waals surface area contributed by atoms with Gasteiger partial charge < -0.3 is 9.64 Å². The molecular formula is C22H24N2O2. The summed E-state index contributed by atoms with van der Waals surface area (Å²) in [5, 5.41) is 8.96. The maximum Gasteiger partial charge on any atom is 0.263 e. The molecule has 1 atom stereocenters. The number of nitrogens with zero attached hydrogens (tertiary/aromatic N) is 2. The molecule has 1 heterocycles. The van der Waals surface area contributed by atoms with Gasteiger partial charge in [0.05, 0.1) is 11.6 Å². The summed E-state index contributed by atoms with van der Waals surface area (Å²) in [5.74, 6) is 1.21. The van der Waals surface area contributed by atoms with Crippen molar-refractivity contribution < 1.29 is 9.53 Å². The Labute approximate surface area is 155 Å². The number of piperidine rings is 1. The Morgan fingerprint density at radius 3 is 2.62 bits per heavy atom. The molecule has 1 fully saturated rings. The Balaban J connectivity index is 1.50. The molecule has 26 heavy (non-hydrogen) atoms. The number of benzene rings is 2. The van der Waals surface area contributed by atoms with Crippen molar-refractivity contribution in [2.24, 2.45) is 5.92 Å². The molecule has 4 nitrogen and oxygen atoms in total. The van der Waals surface area contributed by atoms with Gasteiger partial charge in [0.25, 0.3) is 5.91 Å². The maximum absolute atomic E-state index is 12.7. The van der Waals surface area contributed by atoms with Crippen LogP contribution in [-0.4, -0.2) is 30.0 Å². The fourth-order valence-electron chi connectivity index (χ4n) is 3.46. The third-order valence-corrected chi connectivity index (χ3v) is 4.92. The Kier molecular flexibility index (Phi) is 5.91. The van der Waals surface area contributed by atoms with Crippen LogP contribution in [0.25, 0.3) is 0 Å². The molecule has 1 saturated heterocycles. The van der Waals surface area contributed by atoms with E-state index in [0.29, 0.717) is 17.2 Å². The van der Waals surface area contributed by atoms with Gasteiger partial charge in [0.1, 0.15) is 5.75 Å². The first-order valence-corrected chi connectivity index (χ1v) is 9.15. The van der Waals surface area contributed by atoms with Gasteiger partial charge in [0.15, 0.2) is 6.10 Å². The highest BCUT2D eigenvalue weighted by atomic mass is 16.5. The van der Waals surface area contributed by atoms with E-state index < -0.39 is 6.10 Å². The van der Waals surface area contributed by atoms with E-state index in [4.69, 9.17) is 10.00 Å². The molecule has 2 aromatic rings. The van der Waals surface area contributed by atoms with E-state index >= 15 is 0 Å². The minimum Gasteiger partial charge on any atom is -0.481 e. The van der Waals surface area contributed by atoms with Gasteiger partial charge in [-0.1, -0.05) is 36.4 Å². The average molecular weight is 348 g/mol. The molecule has 4 heteroatoms. The van der Waals surface area contributed by atoms with E-state index in [0.717, 1.165) is 32.4 Å². The van der Waals surface area contributed by atoms with E-state index in [1.807, 2.05) is 11.0 Å². The van der Waals surface area contributed by atoms with Crippen molar-refractivity contribution in [3.8, 4) is 11.8 Å². The quantitative estimate of drug-likeness (QED) is 0.826. The molecule has 2 aromatic carbocycles. The first kappa shape index (κ1) is 18.0. The molecule has 0 aliphatic carbocycles. The molecule has 134 valence electrons. The zero-order valence-electron chi connectivity index (χ0n) is 15.1. The zero-order chi connectivity index (χ0) is 18.4. The Morgan fingerprint density at radius 1 is 1.19 bits per heavy atom. The number of amides is 1. The predicted octanol–water partition coefficient (Wildman–Crippen LogP) is 3.81. The monoisotopic (exact) mass is 348 g/mol. The maximum atomic E-state index is 12.7. The minimum atomic E-state index is -0.547. The summed E-state index contributed by atoms with van der Waals surface area (Å²) in [6, 6.07) is 19.5. The molecule has 1 aliphatic heterocycles. The van der Waals surface area contributed by atoms with Crippen LogP contribution in [0.4, 0.5) is 0 Å². The number of nitriles is 1. The van der Waals surface area contributed by atoms with Crippen LogP contribution >= 0.6 is 0 Å². The SMILES string of the molecule is C[C@H](Oc1cccc(C#N)c1)C(=O)N1CCC(Cc2ccccc2)CC1. The minimum absolute atomic E-state index is 0.0190. The number of hydrogen-bond acceptors (Lipinski definition) is 3. The smallest absolute Gasteiger partial charge is 0.263 e. The van der Waals surface area contributed by atoms with Crippen LogP contribution < -0.4 is 4.74 Å². The lowest BCUT2D eigenvalue weighted by atomic mass is 9.90. The standard InChI is InChI=1S/C22H24N2O2/c1-17(26-21-9-5-8-20(15-21)16-23)22(25)24-12-10-19(11-13-24)14-18-6-3-2-4-7-18/h2-9,15,17,19H,10-14H2,1H3/t17-/m0/s1. The molecule has 0 unspecified atom stereocenters. The van der Waals surface area contributed by atoms with E-state index in [1.54, 1.807) is 31.2 Å². The molecule has 1 aliphatic rings. The lowest BCUT2D eigenvalue weighted by Gasteiger charge is -2.33. The second-order valence-corrected chi connectivity index (χ2v) is 6.86. The van der Waals surface area contributed by atoms with Crippen LogP contribution in [0.2, 0.25) is 0 Å². The molecule has 0 radical (unpaired) electrons. The number of ether oxygens (including phenoxy) is 1. The summed E-state index contributed by atoms with van der Waals surface area (Å²) in [6.07, 6.45) is 2.58. The molecule has 0 N–H and O–H groups in total. The van der Waals surface area contributed by atoms with Crippen molar-refractivity contribution in [1.82, 2.24) is 4.90 Å². The molecular weight excluding hydrogens is 324 g/mol. The van der Waals surface area contributed by atoms with Crippen molar-refractivity contribution in [2.75, 3.05) is 13.1 Å². The third kappa shape index (κ3) is 4.64. The Hall–Kier alpha value is -2.80. The van der Waals surface area contributed by atoms with Gasteiger partial charge in [0.2, 0.25) is 0 Å².